The molecule has 1 amide bonds. The van der Waals surface area contributed by atoms with E-state index in [2.05, 4.69) is 31.2 Å². The van der Waals surface area contributed by atoms with Crippen molar-refractivity contribution in [1.29, 1.82) is 0 Å². The topological polar surface area (TPSA) is 114 Å². The van der Waals surface area contributed by atoms with E-state index in [1.165, 1.54) is 0 Å². The number of nitrogens with zero attached hydrogens (tertiary/aromatic N) is 1. The molecule has 0 fully saturated rings. The third-order valence-corrected chi connectivity index (χ3v) is 3.83. The quantitative estimate of drug-likeness (QED) is 0.642. The second kappa shape index (κ2) is 5.47. The zero-order valence-electron chi connectivity index (χ0n) is 12.6. The van der Waals surface area contributed by atoms with Crippen LogP contribution in [0.25, 0.3) is 22.1 Å². The third kappa shape index (κ3) is 2.99. The maximum Gasteiger partial charge on any atom is 0.294 e. The molecule has 0 atom stereocenters. The van der Waals surface area contributed by atoms with Crippen LogP contribution in [0.2, 0.25) is 0 Å². The summed E-state index contributed by atoms with van der Waals surface area (Å²) in [5.74, 6) is 0.00261. The number of hydrogen-bond acceptors (Lipinski definition) is 5. The SMILES string of the molecule is CC(C)(N)C(=O)NCc1nc2c(oc3ccc(Br)cc32)c(=O)[nH]1. The number of halogens is 1. The van der Waals surface area contributed by atoms with Crippen molar-refractivity contribution >= 4 is 43.9 Å². The Hall–Kier alpha value is -2.19. The number of nitrogens with one attached hydrogen (secondary N) is 2. The Morgan fingerprint density at radius 1 is 1.48 bits per heavy atom. The normalized spacial score (nSPS) is 12.0. The van der Waals surface area contributed by atoms with Gasteiger partial charge in [0.2, 0.25) is 11.5 Å². The molecule has 0 bridgehead atoms. The Kier molecular flexibility index (Phi) is 3.73. The molecule has 0 saturated carbocycles. The van der Waals surface area contributed by atoms with Crippen LogP contribution < -0.4 is 16.6 Å². The number of furan rings is 1. The van der Waals surface area contributed by atoms with Crippen molar-refractivity contribution < 1.29 is 9.21 Å². The monoisotopic (exact) mass is 378 g/mol. The number of rotatable bonds is 3. The predicted octanol–water partition coefficient (Wildman–Crippen LogP) is 1.79. The van der Waals surface area contributed by atoms with E-state index < -0.39 is 11.1 Å². The fraction of sp³-hybridized carbons (Fsp3) is 0.267. The summed E-state index contributed by atoms with van der Waals surface area (Å²) in [4.78, 5) is 31.0. The predicted molar refractivity (Wildman–Crippen MR) is 89.9 cm³/mol. The summed E-state index contributed by atoms with van der Waals surface area (Å²) in [6.45, 7) is 3.27. The summed E-state index contributed by atoms with van der Waals surface area (Å²) in [6, 6.07) is 5.42. The molecule has 0 aliphatic heterocycles. The van der Waals surface area contributed by atoms with Gasteiger partial charge in [0.25, 0.3) is 5.56 Å². The standard InChI is InChI=1S/C15H15BrN4O3/c1-15(2,17)14(22)18-6-10-19-11-8-5-7(16)3-4-9(8)23-12(11)13(21)20-10/h3-5H,6,17H2,1-2H3,(H,18,22)(H,19,20,21). The first kappa shape index (κ1) is 15.7. The van der Waals surface area contributed by atoms with Crippen LogP contribution in [-0.2, 0) is 11.3 Å². The lowest BCUT2D eigenvalue weighted by molar-refractivity contribution is -0.125. The summed E-state index contributed by atoms with van der Waals surface area (Å²) in [5, 5.41) is 3.37. The molecule has 8 heteroatoms. The van der Waals surface area contributed by atoms with Gasteiger partial charge in [-0.15, -0.1) is 0 Å². The molecule has 120 valence electrons. The van der Waals surface area contributed by atoms with Crippen LogP contribution in [0.15, 0.2) is 31.9 Å². The molecule has 0 spiro atoms. The Labute approximate surface area is 139 Å². The molecule has 2 aromatic heterocycles. The molecule has 0 saturated heterocycles. The van der Waals surface area contributed by atoms with Crippen molar-refractivity contribution in [2.24, 2.45) is 5.73 Å². The molecule has 3 aromatic rings. The second-order valence-electron chi connectivity index (χ2n) is 5.84. The molecule has 23 heavy (non-hydrogen) atoms. The fourth-order valence-corrected chi connectivity index (χ4v) is 2.51. The van der Waals surface area contributed by atoms with Crippen LogP contribution in [0, 0.1) is 0 Å². The highest BCUT2D eigenvalue weighted by molar-refractivity contribution is 9.10. The van der Waals surface area contributed by atoms with Crippen molar-refractivity contribution in [2.75, 3.05) is 0 Å². The molecule has 7 nitrogen and oxygen atoms in total. The van der Waals surface area contributed by atoms with Gasteiger partial charge in [-0.05, 0) is 32.0 Å². The van der Waals surface area contributed by atoms with Gasteiger partial charge in [-0.2, -0.15) is 0 Å². The summed E-state index contributed by atoms with van der Waals surface area (Å²) in [6.07, 6.45) is 0. The van der Waals surface area contributed by atoms with Gasteiger partial charge in [-0.25, -0.2) is 4.98 Å². The van der Waals surface area contributed by atoms with Gasteiger partial charge in [0.15, 0.2) is 0 Å². The lowest BCUT2D eigenvalue weighted by Crippen LogP contribution is -2.49. The van der Waals surface area contributed by atoms with Crippen molar-refractivity contribution in [3.8, 4) is 0 Å². The zero-order valence-corrected chi connectivity index (χ0v) is 14.2. The molecule has 4 N–H and O–H groups in total. The van der Waals surface area contributed by atoms with Crippen LogP contribution in [-0.4, -0.2) is 21.4 Å². The van der Waals surface area contributed by atoms with Crippen molar-refractivity contribution in [2.45, 2.75) is 25.9 Å². The lowest BCUT2D eigenvalue weighted by atomic mass is 10.1. The number of carbonyl (C=O) groups excluding carboxylic acids is 1. The number of H-pyrrole nitrogens is 1. The summed E-state index contributed by atoms with van der Waals surface area (Å²) in [7, 11) is 0. The first-order valence-electron chi connectivity index (χ1n) is 6.94. The minimum absolute atomic E-state index is 0.0747. The first-order chi connectivity index (χ1) is 10.8. The van der Waals surface area contributed by atoms with Gasteiger partial charge in [-0.1, -0.05) is 15.9 Å². The number of carbonyl (C=O) groups is 1. The maximum absolute atomic E-state index is 12.2. The smallest absolute Gasteiger partial charge is 0.294 e. The van der Waals surface area contributed by atoms with E-state index >= 15 is 0 Å². The molecule has 0 unspecified atom stereocenters. The van der Waals surface area contributed by atoms with Gasteiger partial charge in [0.05, 0.1) is 12.1 Å². The molecular formula is C15H15BrN4O3. The molecular weight excluding hydrogens is 364 g/mol. The number of benzene rings is 1. The molecule has 3 rings (SSSR count). The van der Waals surface area contributed by atoms with E-state index in [1.54, 1.807) is 19.9 Å². The summed E-state index contributed by atoms with van der Waals surface area (Å²) >= 11 is 3.39. The van der Waals surface area contributed by atoms with Crippen molar-refractivity contribution in [3.05, 3.63) is 38.9 Å². The summed E-state index contributed by atoms with van der Waals surface area (Å²) in [5.41, 5.74) is 5.51. The van der Waals surface area contributed by atoms with E-state index in [0.717, 1.165) is 9.86 Å². The number of nitrogens with two attached hydrogens (primary N) is 1. The average molecular weight is 379 g/mol. The van der Waals surface area contributed by atoms with E-state index in [-0.39, 0.29) is 18.0 Å². The number of aromatic amines is 1. The van der Waals surface area contributed by atoms with Gasteiger partial charge < -0.3 is 20.5 Å². The van der Waals surface area contributed by atoms with Gasteiger partial charge in [0.1, 0.15) is 16.9 Å². The number of hydrogen-bond donors (Lipinski definition) is 3. The number of fused-ring (bicyclic) bond motifs is 3. The number of amides is 1. The third-order valence-electron chi connectivity index (χ3n) is 3.34. The van der Waals surface area contributed by atoms with E-state index in [9.17, 15) is 9.59 Å². The Bertz CT molecular complexity index is 968. The highest BCUT2D eigenvalue weighted by atomic mass is 79.9. The van der Waals surface area contributed by atoms with E-state index in [1.807, 2.05) is 12.1 Å². The summed E-state index contributed by atoms with van der Waals surface area (Å²) < 4.78 is 6.39. The largest absolute Gasteiger partial charge is 0.449 e. The van der Waals surface area contributed by atoms with Crippen LogP contribution in [0.5, 0.6) is 0 Å². The highest BCUT2D eigenvalue weighted by Gasteiger charge is 2.22. The Morgan fingerprint density at radius 2 is 2.22 bits per heavy atom. The molecule has 1 aromatic carbocycles. The van der Waals surface area contributed by atoms with E-state index in [4.69, 9.17) is 10.2 Å². The molecule has 0 radical (unpaired) electrons. The zero-order chi connectivity index (χ0) is 16.8. The van der Waals surface area contributed by atoms with Crippen molar-refractivity contribution in [3.63, 3.8) is 0 Å². The highest BCUT2D eigenvalue weighted by Crippen LogP contribution is 2.27. The second-order valence-corrected chi connectivity index (χ2v) is 6.75. The lowest BCUT2D eigenvalue weighted by Gasteiger charge is -2.17. The minimum atomic E-state index is -1.00. The van der Waals surface area contributed by atoms with Crippen LogP contribution in [0.3, 0.4) is 0 Å². The maximum atomic E-state index is 12.2. The average Bonchev–Trinajstić information content (AvgIpc) is 2.82. The van der Waals surface area contributed by atoms with Crippen LogP contribution in [0.1, 0.15) is 19.7 Å². The van der Waals surface area contributed by atoms with Crippen LogP contribution >= 0.6 is 15.9 Å². The van der Waals surface area contributed by atoms with Crippen LogP contribution in [0.4, 0.5) is 0 Å². The fourth-order valence-electron chi connectivity index (χ4n) is 2.15. The first-order valence-corrected chi connectivity index (χ1v) is 7.73. The van der Waals surface area contributed by atoms with Gasteiger partial charge in [0, 0.05) is 9.86 Å². The minimum Gasteiger partial charge on any atom is -0.449 e. The Morgan fingerprint density at radius 3 is 2.91 bits per heavy atom. The molecule has 0 aliphatic rings. The molecule has 0 aliphatic carbocycles. The van der Waals surface area contributed by atoms with Crippen molar-refractivity contribution in [1.82, 2.24) is 15.3 Å². The Balaban J connectivity index is 2.03. The van der Waals surface area contributed by atoms with Gasteiger partial charge in [-0.3, -0.25) is 9.59 Å². The number of aromatic nitrogens is 2. The molecule has 2 heterocycles. The van der Waals surface area contributed by atoms with E-state index in [0.29, 0.717) is 16.9 Å². The van der Waals surface area contributed by atoms with Gasteiger partial charge >= 0.3 is 0 Å².